The first-order valence-corrected chi connectivity index (χ1v) is 10.4. The highest BCUT2D eigenvalue weighted by molar-refractivity contribution is 5.97. The first kappa shape index (κ1) is 17.2. The smallest absolute Gasteiger partial charge is 0.387 e. The summed E-state index contributed by atoms with van der Waals surface area (Å²) in [7, 11) is 0. The number of fused-ring (bicyclic) bond motifs is 9. The lowest BCUT2D eigenvalue weighted by molar-refractivity contribution is -0.0507. The summed E-state index contributed by atoms with van der Waals surface area (Å²) in [6, 6.07) is 7.95. The fraction of sp³-hybridized carbons (Fsp3) is 0.200. The summed E-state index contributed by atoms with van der Waals surface area (Å²) >= 11 is 0. The number of benzene rings is 2. The standard InChI is InChI=1S/C25H17F2N5O2/c1-31-20-12-19(22-16(24(31)33)3-2-4-21(22)34-25(26)27)32-18-11-14(6-8-17(18)30-23(20)32)5-7-15-13-28-9-10-29-15/h2-4,6,8-11,13,19-20,25H,12H2,1H3/t19-,20-/m1/s1/i1D3. The van der Waals surface area contributed by atoms with Crippen molar-refractivity contribution in [1.82, 2.24) is 24.4 Å². The maximum Gasteiger partial charge on any atom is 0.387 e. The molecule has 1 amide bonds. The molecule has 0 fully saturated rings. The van der Waals surface area contributed by atoms with Crippen LogP contribution in [0.5, 0.6) is 5.75 Å². The maximum absolute atomic E-state index is 13.5. The Morgan fingerprint density at radius 3 is 2.91 bits per heavy atom. The molecule has 0 aliphatic carbocycles. The monoisotopic (exact) mass is 460 g/mol. The first-order chi connectivity index (χ1) is 17.7. The molecule has 0 radical (unpaired) electrons. The van der Waals surface area contributed by atoms with Gasteiger partial charge in [-0.25, -0.2) is 9.97 Å². The number of rotatable bonds is 2. The van der Waals surface area contributed by atoms with Crippen LogP contribution in [0, 0.1) is 11.8 Å². The number of carbonyl (C=O) groups is 1. The van der Waals surface area contributed by atoms with Gasteiger partial charge in [0.15, 0.2) is 0 Å². The van der Waals surface area contributed by atoms with Crippen molar-refractivity contribution >= 4 is 16.9 Å². The predicted molar refractivity (Wildman–Crippen MR) is 118 cm³/mol. The molecule has 2 bridgehead atoms. The summed E-state index contributed by atoms with van der Waals surface area (Å²) in [5, 5.41) is 0. The SMILES string of the molecule is [2H]C([2H])([2H])N1C(=O)c2cccc(OC(F)F)c2[C@H]2C[C@@H]1c1nc3ccc(C#Cc4cnccn4)cc3n12. The molecule has 0 saturated heterocycles. The van der Waals surface area contributed by atoms with E-state index < -0.39 is 31.6 Å². The molecule has 2 aromatic heterocycles. The third-order valence-electron chi connectivity index (χ3n) is 6.05. The second kappa shape index (κ2) is 7.63. The minimum atomic E-state index is -3.12. The molecule has 0 saturated carbocycles. The Labute approximate surface area is 197 Å². The fourth-order valence-electron chi connectivity index (χ4n) is 4.69. The normalized spacial score (nSPS) is 20.0. The lowest BCUT2D eigenvalue weighted by Crippen LogP contribution is -2.30. The number of hydrogen-bond donors (Lipinski definition) is 0. The molecule has 34 heavy (non-hydrogen) atoms. The van der Waals surface area contributed by atoms with Gasteiger partial charge in [-0.05, 0) is 36.3 Å². The van der Waals surface area contributed by atoms with Crippen molar-refractivity contribution in [2.24, 2.45) is 0 Å². The van der Waals surface area contributed by atoms with Crippen LogP contribution in [0.15, 0.2) is 55.0 Å². The maximum atomic E-state index is 13.5. The Kier molecular flexibility index (Phi) is 3.86. The molecule has 168 valence electrons. The van der Waals surface area contributed by atoms with Gasteiger partial charge in [-0.3, -0.25) is 9.78 Å². The molecule has 9 heteroatoms. The number of alkyl halides is 2. The topological polar surface area (TPSA) is 73.1 Å². The second-order valence-corrected chi connectivity index (χ2v) is 7.92. The highest BCUT2D eigenvalue weighted by Gasteiger charge is 2.44. The zero-order valence-corrected chi connectivity index (χ0v) is 17.4. The van der Waals surface area contributed by atoms with E-state index in [1.807, 2.05) is 0 Å². The van der Waals surface area contributed by atoms with Crippen LogP contribution >= 0.6 is 0 Å². The van der Waals surface area contributed by atoms with E-state index in [0.29, 0.717) is 28.1 Å². The summed E-state index contributed by atoms with van der Waals surface area (Å²) in [4.78, 5) is 27.1. The van der Waals surface area contributed by atoms with Crippen molar-refractivity contribution in [3.8, 4) is 17.6 Å². The van der Waals surface area contributed by atoms with Crippen LogP contribution in [0.25, 0.3) is 11.0 Å². The molecule has 0 spiro atoms. The van der Waals surface area contributed by atoms with Crippen LogP contribution in [-0.2, 0) is 0 Å². The molecule has 4 heterocycles. The lowest BCUT2D eigenvalue weighted by atomic mass is 9.97. The Morgan fingerprint density at radius 2 is 2.12 bits per heavy atom. The highest BCUT2D eigenvalue weighted by atomic mass is 19.3. The molecule has 2 aliphatic heterocycles. The molecule has 2 aromatic carbocycles. The average Bonchev–Trinajstić information content (AvgIpc) is 3.35. The van der Waals surface area contributed by atoms with Crippen LogP contribution in [0.2, 0.25) is 0 Å². The molecule has 7 nitrogen and oxygen atoms in total. The fourth-order valence-corrected chi connectivity index (χ4v) is 4.69. The van der Waals surface area contributed by atoms with Crippen molar-refractivity contribution < 1.29 is 22.4 Å². The first-order valence-electron chi connectivity index (χ1n) is 11.9. The highest BCUT2D eigenvalue weighted by Crippen LogP contribution is 2.49. The van der Waals surface area contributed by atoms with Crippen molar-refractivity contribution in [3.63, 3.8) is 0 Å². The summed E-state index contributed by atoms with van der Waals surface area (Å²) < 4.78 is 57.5. The molecule has 6 rings (SSSR count). The molecule has 0 unspecified atom stereocenters. The minimum absolute atomic E-state index is 0.00729. The molecule has 4 aromatic rings. The zero-order valence-electron chi connectivity index (χ0n) is 20.4. The van der Waals surface area contributed by atoms with Gasteiger partial charge < -0.3 is 14.2 Å². The van der Waals surface area contributed by atoms with Crippen LogP contribution < -0.4 is 4.74 Å². The van der Waals surface area contributed by atoms with E-state index in [1.54, 1.807) is 29.0 Å². The predicted octanol–water partition coefficient (Wildman–Crippen LogP) is 3.95. The van der Waals surface area contributed by atoms with Gasteiger partial charge in [0.2, 0.25) is 0 Å². The quantitative estimate of drug-likeness (QED) is 0.424. The van der Waals surface area contributed by atoms with Gasteiger partial charge in [0.05, 0.1) is 29.3 Å². The molecular formula is C25H17F2N5O2. The third kappa shape index (κ3) is 3.10. The summed E-state index contributed by atoms with van der Waals surface area (Å²) in [5.41, 5.74) is 2.53. The van der Waals surface area contributed by atoms with E-state index in [9.17, 15) is 13.6 Å². The summed E-state index contributed by atoms with van der Waals surface area (Å²) in [6.45, 7) is -5.91. The van der Waals surface area contributed by atoms with E-state index in [4.69, 9.17) is 8.85 Å². The number of amides is 1. The third-order valence-corrected chi connectivity index (χ3v) is 6.05. The number of hydrogen-bond acceptors (Lipinski definition) is 5. The van der Waals surface area contributed by atoms with Gasteiger partial charge in [0, 0.05) is 46.6 Å². The summed E-state index contributed by atoms with van der Waals surface area (Å²) in [6.07, 6.45) is 4.77. The van der Waals surface area contributed by atoms with E-state index in [2.05, 4.69) is 26.8 Å². The Balaban J connectivity index is 1.57. The Bertz CT molecular complexity index is 1610. The van der Waals surface area contributed by atoms with Crippen molar-refractivity contribution in [1.29, 1.82) is 0 Å². The Morgan fingerprint density at radius 1 is 1.21 bits per heavy atom. The van der Waals surface area contributed by atoms with E-state index in [-0.39, 0.29) is 23.3 Å². The van der Waals surface area contributed by atoms with Crippen LogP contribution in [-0.4, -0.2) is 43.9 Å². The Hall–Kier alpha value is -4.32. The van der Waals surface area contributed by atoms with E-state index >= 15 is 0 Å². The van der Waals surface area contributed by atoms with E-state index in [0.717, 1.165) is 4.90 Å². The molecule has 2 atom stereocenters. The molecule has 2 aliphatic rings. The van der Waals surface area contributed by atoms with Crippen LogP contribution in [0.3, 0.4) is 0 Å². The van der Waals surface area contributed by atoms with Crippen LogP contribution in [0.1, 0.15) is 55.6 Å². The number of ether oxygens (including phenoxy) is 1. The van der Waals surface area contributed by atoms with Gasteiger partial charge in [0.1, 0.15) is 17.3 Å². The number of imidazole rings is 1. The molecule has 0 N–H and O–H groups in total. The van der Waals surface area contributed by atoms with Crippen molar-refractivity contribution in [2.45, 2.75) is 25.1 Å². The van der Waals surface area contributed by atoms with Crippen molar-refractivity contribution in [2.75, 3.05) is 6.98 Å². The molecular weight excluding hydrogens is 440 g/mol. The van der Waals surface area contributed by atoms with Gasteiger partial charge in [-0.15, -0.1) is 0 Å². The number of halogens is 2. The number of aromatic nitrogens is 4. The van der Waals surface area contributed by atoms with Crippen LogP contribution in [0.4, 0.5) is 8.78 Å². The lowest BCUT2D eigenvalue weighted by Gasteiger charge is -2.24. The zero-order chi connectivity index (χ0) is 25.9. The van der Waals surface area contributed by atoms with E-state index in [1.165, 1.54) is 30.6 Å². The second-order valence-electron chi connectivity index (χ2n) is 7.92. The van der Waals surface area contributed by atoms with Gasteiger partial charge in [-0.2, -0.15) is 8.78 Å². The number of nitrogens with zero attached hydrogens (tertiary/aromatic N) is 5. The average molecular weight is 460 g/mol. The van der Waals surface area contributed by atoms with Crippen molar-refractivity contribution in [3.05, 3.63) is 83.2 Å². The minimum Gasteiger partial charge on any atom is -0.434 e. The summed E-state index contributed by atoms with van der Waals surface area (Å²) in [5.74, 6) is 5.37. The van der Waals surface area contributed by atoms with Gasteiger partial charge in [0.25, 0.3) is 5.91 Å². The van der Waals surface area contributed by atoms with Gasteiger partial charge >= 0.3 is 6.61 Å². The number of carbonyl (C=O) groups excluding carboxylic acids is 1. The largest absolute Gasteiger partial charge is 0.434 e. The van der Waals surface area contributed by atoms with Gasteiger partial charge in [-0.1, -0.05) is 12.0 Å².